The van der Waals surface area contributed by atoms with Crippen LogP contribution in [0.25, 0.3) is 11.0 Å². The zero-order chi connectivity index (χ0) is 14.8. The second-order valence-electron chi connectivity index (χ2n) is 4.70. The molecule has 21 heavy (non-hydrogen) atoms. The fourth-order valence-corrected chi connectivity index (χ4v) is 2.61. The van der Waals surface area contributed by atoms with E-state index < -0.39 is 0 Å². The largest absolute Gasteiger partial charge is 0.392 e. The number of hydrogen-bond donors (Lipinski definition) is 3. The molecule has 2 aromatic carbocycles. The zero-order valence-electron chi connectivity index (χ0n) is 11.0. The Labute approximate surface area is 131 Å². The minimum atomic E-state index is 0.0521. The van der Waals surface area contributed by atoms with Crippen LogP contribution in [0, 0.1) is 0 Å². The van der Waals surface area contributed by atoms with E-state index in [2.05, 4.69) is 15.3 Å². The Balaban J connectivity index is 1.77. The molecular weight excluding hydrogens is 309 g/mol. The predicted molar refractivity (Wildman–Crippen MR) is 85.8 cm³/mol. The summed E-state index contributed by atoms with van der Waals surface area (Å²) in [6.07, 6.45) is 0. The summed E-state index contributed by atoms with van der Waals surface area (Å²) in [4.78, 5) is 7.54. The summed E-state index contributed by atoms with van der Waals surface area (Å²) in [5.74, 6) is 0.639. The van der Waals surface area contributed by atoms with Gasteiger partial charge in [0.05, 0.1) is 17.1 Å². The molecule has 0 aliphatic carbocycles. The van der Waals surface area contributed by atoms with Crippen LogP contribution in [0.15, 0.2) is 36.4 Å². The molecule has 3 rings (SSSR count). The van der Waals surface area contributed by atoms with Gasteiger partial charge in [-0.1, -0.05) is 47.5 Å². The van der Waals surface area contributed by atoms with Crippen molar-refractivity contribution < 1.29 is 5.11 Å². The van der Waals surface area contributed by atoms with Gasteiger partial charge in [-0.25, -0.2) is 4.98 Å². The summed E-state index contributed by atoms with van der Waals surface area (Å²) in [5, 5.41) is 13.3. The molecule has 3 aromatic rings. The van der Waals surface area contributed by atoms with E-state index in [1.807, 2.05) is 24.3 Å². The highest BCUT2D eigenvalue weighted by atomic mass is 35.5. The van der Waals surface area contributed by atoms with Crippen LogP contribution in [0.3, 0.4) is 0 Å². The topological polar surface area (TPSA) is 60.9 Å². The van der Waals surface area contributed by atoms with Crippen LogP contribution >= 0.6 is 23.2 Å². The third-order valence-corrected chi connectivity index (χ3v) is 3.68. The highest BCUT2D eigenvalue weighted by Crippen LogP contribution is 2.27. The van der Waals surface area contributed by atoms with E-state index in [9.17, 15) is 0 Å². The van der Waals surface area contributed by atoms with Gasteiger partial charge in [0.25, 0.3) is 0 Å². The maximum Gasteiger partial charge on any atom is 0.201 e. The smallest absolute Gasteiger partial charge is 0.201 e. The number of fused-ring (bicyclic) bond motifs is 1. The monoisotopic (exact) mass is 321 g/mol. The Morgan fingerprint density at radius 2 is 1.81 bits per heavy atom. The Kier molecular flexibility index (Phi) is 4.01. The number of aliphatic hydroxyl groups is 1. The van der Waals surface area contributed by atoms with Gasteiger partial charge in [0, 0.05) is 11.6 Å². The molecule has 0 amide bonds. The molecular formula is C15H13Cl2N3O. The van der Waals surface area contributed by atoms with Gasteiger partial charge in [0.15, 0.2) is 0 Å². The van der Waals surface area contributed by atoms with Crippen LogP contribution in [-0.4, -0.2) is 15.1 Å². The van der Waals surface area contributed by atoms with Crippen LogP contribution in [0.1, 0.15) is 11.1 Å². The van der Waals surface area contributed by atoms with E-state index >= 15 is 0 Å². The Morgan fingerprint density at radius 1 is 1.10 bits per heavy atom. The maximum atomic E-state index is 9.01. The van der Waals surface area contributed by atoms with Crippen LogP contribution in [-0.2, 0) is 13.2 Å². The lowest BCUT2D eigenvalue weighted by molar-refractivity contribution is 0.282. The van der Waals surface area contributed by atoms with Crippen LogP contribution < -0.4 is 5.32 Å². The highest BCUT2D eigenvalue weighted by molar-refractivity contribution is 6.38. The number of aliphatic hydroxyl groups excluding tert-OH is 1. The van der Waals surface area contributed by atoms with Gasteiger partial charge < -0.3 is 15.4 Å². The average Bonchev–Trinajstić information content (AvgIpc) is 2.89. The van der Waals surface area contributed by atoms with Crippen LogP contribution in [0.4, 0.5) is 5.95 Å². The number of nitrogens with zero attached hydrogens (tertiary/aromatic N) is 1. The first kappa shape index (κ1) is 14.2. The van der Waals surface area contributed by atoms with Crippen molar-refractivity contribution in [3.05, 3.63) is 57.6 Å². The molecule has 0 fully saturated rings. The van der Waals surface area contributed by atoms with Crippen LogP contribution in [0.5, 0.6) is 0 Å². The first-order valence-corrected chi connectivity index (χ1v) is 7.18. The van der Waals surface area contributed by atoms with Crippen molar-refractivity contribution in [2.75, 3.05) is 5.32 Å². The van der Waals surface area contributed by atoms with E-state index in [0.717, 1.165) is 16.6 Å². The number of benzene rings is 2. The standard InChI is InChI=1S/C15H13Cl2N3O/c16-11-5-12(17)14-13(6-11)19-15(20-14)18-7-9-1-3-10(8-21)4-2-9/h1-6,21H,7-8H2,(H2,18,19,20). The maximum absolute atomic E-state index is 9.01. The number of imidazole rings is 1. The van der Waals surface area contributed by atoms with Gasteiger partial charge in [-0.15, -0.1) is 0 Å². The second-order valence-corrected chi connectivity index (χ2v) is 5.54. The van der Waals surface area contributed by atoms with Crippen molar-refractivity contribution in [1.82, 2.24) is 9.97 Å². The van der Waals surface area contributed by atoms with E-state index in [1.54, 1.807) is 12.1 Å². The molecule has 0 spiro atoms. The summed E-state index contributed by atoms with van der Waals surface area (Å²) in [5.41, 5.74) is 3.48. The van der Waals surface area contributed by atoms with Gasteiger partial charge in [0.2, 0.25) is 5.95 Å². The lowest BCUT2D eigenvalue weighted by Crippen LogP contribution is -2.00. The van der Waals surface area contributed by atoms with Crippen molar-refractivity contribution in [2.24, 2.45) is 0 Å². The molecule has 4 nitrogen and oxygen atoms in total. The minimum absolute atomic E-state index is 0.0521. The molecule has 1 aromatic heterocycles. The fourth-order valence-electron chi connectivity index (χ4n) is 2.07. The number of nitrogens with one attached hydrogen (secondary N) is 2. The van der Waals surface area contributed by atoms with Crippen molar-refractivity contribution in [3.63, 3.8) is 0 Å². The van der Waals surface area contributed by atoms with Crippen molar-refractivity contribution in [3.8, 4) is 0 Å². The number of H-pyrrole nitrogens is 1. The van der Waals surface area contributed by atoms with E-state index in [4.69, 9.17) is 28.3 Å². The minimum Gasteiger partial charge on any atom is -0.392 e. The van der Waals surface area contributed by atoms with E-state index in [1.165, 1.54) is 0 Å². The number of halogens is 2. The third kappa shape index (κ3) is 3.13. The summed E-state index contributed by atoms with van der Waals surface area (Å²) < 4.78 is 0. The van der Waals surface area contributed by atoms with Gasteiger partial charge >= 0.3 is 0 Å². The molecule has 0 atom stereocenters. The lowest BCUT2D eigenvalue weighted by Gasteiger charge is -2.03. The zero-order valence-corrected chi connectivity index (χ0v) is 12.5. The third-order valence-electron chi connectivity index (χ3n) is 3.17. The Morgan fingerprint density at radius 3 is 2.52 bits per heavy atom. The molecule has 0 aliphatic heterocycles. The number of aromatic amines is 1. The summed E-state index contributed by atoms with van der Waals surface area (Å²) in [7, 11) is 0. The number of hydrogen-bond acceptors (Lipinski definition) is 3. The van der Waals surface area contributed by atoms with Crippen molar-refractivity contribution >= 4 is 40.2 Å². The molecule has 0 saturated heterocycles. The molecule has 0 saturated carbocycles. The Bertz CT molecular complexity index is 768. The number of rotatable bonds is 4. The lowest BCUT2D eigenvalue weighted by atomic mass is 10.1. The average molecular weight is 322 g/mol. The normalized spacial score (nSPS) is 11.0. The SMILES string of the molecule is OCc1ccc(CNc2nc3c(Cl)cc(Cl)cc3[nH]2)cc1. The van der Waals surface area contributed by atoms with Gasteiger partial charge in [-0.2, -0.15) is 0 Å². The number of anilines is 1. The molecule has 3 N–H and O–H groups in total. The molecule has 0 bridgehead atoms. The van der Waals surface area contributed by atoms with Gasteiger partial charge in [-0.3, -0.25) is 0 Å². The molecule has 0 unspecified atom stereocenters. The fraction of sp³-hybridized carbons (Fsp3) is 0.133. The first-order valence-electron chi connectivity index (χ1n) is 6.43. The molecule has 0 radical (unpaired) electrons. The van der Waals surface area contributed by atoms with Gasteiger partial charge in [0.1, 0.15) is 5.52 Å². The first-order chi connectivity index (χ1) is 10.2. The molecule has 6 heteroatoms. The van der Waals surface area contributed by atoms with Crippen LogP contribution in [0.2, 0.25) is 10.0 Å². The van der Waals surface area contributed by atoms with E-state index in [-0.39, 0.29) is 6.61 Å². The van der Waals surface area contributed by atoms with Crippen molar-refractivity contribution in [2.45, 2.75) is 13.2 Å². The summed E-state index contributed by atoms with van der Waals surface area (Å²) in [6.45, 7) is 0.674. The molecule has 108 valence electrons. The summed E-state index contributed by atoms with van der Waals surface area (Å²) >= 11 is 12.1. The Hall–Kier alpha value is -1.75. The summed E-state index contributed by atoms with van der Waals surface area (Å²) in [6, 6.07) is 11.2. The van der Waals surface area contributed by atoms with Gasteiger partial charge in [-0.05, 0) is 23.3 Å². The second kappa shape index (κ2) is 5.93. The van der Waals surface area contributed by atoms with Crippen molar-refractivity contribution in [1.29, 1.82) is 0 Å². The number of aromatic nitrogens is 2. The molecule has 1 heterocycles. The predicted octanol–water partition coefficient (Wildman–Crippen LogP) is 3.97. The highest BCUT2D eigenvalue weighted by Gasteiger charge is 2.07. The molecule has 0 aliphatic rings. The van der Waals surface area contributed by atoms with E-state index in [0.29, 0.717) is 28.1 Å². The quantitative estimate of drug-likeness (QED) is 0.681.